The maximum absolute atomic E-state index is 9.60. The molecular formula is C17H25Cl2NO3. The molecule has 23 heavy (non-hydrogen) atoms. The van der Waals surface area contributed by atoms with Crippen molar-refractivity contribution in [2.45, 2.75) is 38.7 Å². The SMILES string of the molecule is CC(C)(C)OC=O.OC[C@@H]1CNCC[C@H]1c1ccc(Cl)c(Cl)c1. The fourth-order valence-electron chi connectivity index (χ4n) is 2.44. The summed E-state index contributed by atoms with van der Waals surface area (Å²) in [4.78, 5) is 9.60. The van der Waals surface area contributed by atoms with Crippen molar-refractivity contribution < 1.29 is 14.6 Å². The van der Waals surface area contributed by atoms with E-state index in [0.717, 1.165) is 19.5 Å². The number of ether oxygens (including phenoxy) is 1. The normalized spacial score (nSPS) is 21.1. The van der Waals surface area contributed by atoms with Crippen molar-refractivity contribution in [2.75, 3.05) is 19.7 Å². The molecule has 1 aliphatic heterocycles. The summed E-state index contributed by atoms with van der Waals surface area (Å²) in [6.45, 7) is 7.98. The monoisotopic (exact) mass is 361 g/mol. The third kappa shape index (κ3) is 7.08. The first-order valence-corrected chi connectivity index (χ1v) is 8.42. The number of carbonyl (C=O) groups is 1. The van der Waals surface area contributed by atoms with Gasteiger partial charge < -0.3 is 15.2 Å². The van der Waals surface area contributed by atoms with Gasteiger partial charge in [-0.2, -0.15) is 0 Å². The molecule has 2 N–H and O–H groups in total. The Morgan fingerprint density at radius 2 is 2.04 bits per heavy atom. The van der Waals surface area contributed by atoms with Crippen LogP contribution in [0.3, 0.4) is 0 Å². The van der Waals surface area contributed by atoms with E-state index in [1.165, 1.54) is 5.56 Å². The topological polar surface area (TPSA) is 58.6 Å². The van der Waals surface area contributed by atoms with Crippen molar-refractivity contribution in [3.05, 3.63) is 33.8 Å². The van der Waals surface area contributed by atoms with Gasteiger partial charge in [-0.3, -0.25) is 4.79 Å². The zero-order valence-corrected chi connectivity index (χ0v) is 15.3. The van der Waals surface area contributed by atoms with Gasteiger partial charge in [-0.1, -0.05) is 29.3 Å². The minimum Gasteiger partial charge on any atom is -0.462 e. The number of carbonyl (C=O) groups excluding carboxylic acids is 1. The van der Waals surface area contributed by atoms with Gasteiger partial charge in [0.25, 0.3) is 6.47 Å². The molecular weight excluding hydrogens is 337 g/mol. The van der Waals surface area contributed by atoms with Crippen LogP contribution in [-0.4, -0.2) is 36.9 Å². The summed E-state index contributed by atoms with van der Waals surface area (Å²) in [5.41, 5.74) is 0.858. The molecule has 0 unspecified atom stereocenters. The first kappa shape index (κ1) is 20.2. The minimum atomic E-state index is -0.318. The highest BCUT2D eigenvalue weighted by Crippen LogP contribution is 2.33. The van der Waals surface area contributed by atoms with Crippen LogP contribution in [-0.2, 0) is 9.53 Å². The molecule has 1 heterocycles. The second kappa shape index (κ2) is 9.48. The zero-order valence-electron chi connectivity index (χ0n) is 13.8. The fraction of sp³-hybridized carbons (Fsp3) is 0.588. The maximum Gasteiger partial charge on any atom is 0.293 e. The average molecular weight is 362 g/mol. The summed E-state index contributed by atoms with van der Waals surface area (Å²) in [5, 5.41) is 13.8. The van der Waals surface area contributed by atoms with Gasteiger partial charge in [0.15, 0.2) is 0 Å². The average Bonchev–Trinajstić information content (AvgIpc) is 2.49. The molecule has 0 spiro atoms. The van der Waals surface area contributed by atoms with E-state index in [0.29, 0.717) is 22.4 Å². The van der Waals surface area contributed by atoms with Crippen LogP contribution >= 0.6 is 23.2 Å². The summed E-state index contributed by atoms with van der Waals surface area (Å²) in [6, 6.07) is 5.76. The number of halogens is 2. The van der Waals surface area contributed by atoms with Gasteiger partial charge in [0.05, 0.1) is 10.0 Å². The van der Waals surface area contributed by atoms with Crippen molar-refractivity contribution >= 4 is 29.7 Å². The molecule has 0 aromatic heterocycles. The molecule has 1 aromatic carbocycles. The molecule has 4 nitrogen and oxygen atoms in total. The zero-order chi connectivity index (χ0) is 17.5. The van der Waals surface area contributed by atoms with Gasteiger partial charge in [0.1, 0.15) is 5.60 Å². The van der Waals surface area contributed by atoms with Gasteiger partial charge in [-0.25, -0.2) is 0 Å². The molecule has 1 fully saturated rings. The Balaban J connectivity index is 0.000000322. The Kier molecular flexibility index (Phi) is 8.34. The Labute approximate surface area is 148 Å². The lowest BCUT2D eigenvalue weighted by Crippen LogP contribution is -2.37. The summed E-state index contributed by atoms with van der Waals surface area (Å²) < 4.78 is 4.55. The van der Waals surface area contributed by atoms with Gasteiger partial charge >= 0.3 is 0 Å². The molecule has 1 saturated heterocycles. The number of nitrogens with one attached hydrogen (secondary N) is 1. The smallest absolute Gasteiger partial charge is 0.293 e. The predicted octanol–water partition coefficient (Wildman–Crippen LogP) is 3.64. The molecule has 6 heteroatoms. The van der Waals surface area contributed by atoms with E-state index < -0.39 is 0 Å². The Morgan fingerprint density at radius 3 is 2.52 bits per heavy atom. The highest BCUT2D eigenvalue weighted by Gasteiger charge is 2.25. The van der Waals surface area contributed by atoms with E-state index in [1.807, 2.05) is 39.0 Å². The molecule has 130 valence electrons. The largest absolute Gasteiger partial charge is 0.462 e. The van der Waals surface area contributed by atoms with Crippen molar-refractivity contribution in [2.24, 2.45) is 5.92 Å². The number of hydrogen-bond acceptors (Lipinski definition) is 4. The highest BCUT2D eigenvalue weighted by molar-refractivity contribution is 6.42. The second-order valence-corrected chi connectivity index (χ2v) is 7.36. The fourth-order valence-corrected chi connectivity index (χ4v) is 2.75. The molecule has 2 rings (SSSR count). The number of rotatable bonds is 3. The predicted molar refractivity (Wildman–Crippen MR) is 94.2 cm³/mol. The first-order chi connectivity index (χ1) is 10.8. The lowest BCUT2D eigenvalue weighted by Gasteiger charge is -2.31. The molecule has 0 amide bonds. The number of hydrogen-bond donors (Lipinski definition) is 2. The highest BCUT2D eigenvalue weighted by atomic mass is 35.5. The van der Waals surface area contributed by atoms with Gasteiger partial charge in [0, 0.05) is 19.1 Å². The summed E-state index contributed by atoms with van der Waals surface area (Å²) >= 11 is 11.9. The molecule has 0 bridgehead atoms. The first-order valence-electron chi connectivity index (χ1n) is 7.66. The van der Waals surface area contributed by atoms with E-state index in [4.69, 9.17) is 23.2 Å². The van der Waals surface area contributed by atoms with Crippen LogP contribution < -0.4 is 5.32 Å². The number of aliphatic hydroxyl groups is 1. The number of aliphatic hydroxyl groups excluding tert-OH is 1. The van der Waals surface area contributed by atoms with Crippen LogP contribution in [0.25, 0.3) is 0 Å². The third-order valence-electron chi connectivity index (χ3n) is 3.62. The van der Waals surface area contributed by atoms with Crippen LogP contribution in [0.5, 0.6) is 0 Å². The summed E-state index contributed by atoms with van der Waals surface area (Å²) in [6.07, 6.45) is 1.03. The van der Waals surface area contributed by atoms with E-state index >= 15 is 0 Å². The van der Waals surface area contributed by atoms with Crippen LogP contribution in [0.15, 0.2) is 18.2 Å². The third-order valence-corrected chi connectivity index (χ3v) is 4.35. The Hall–Kier alpha value is -0.810. The molecule has 0 radical (unpaired) electrons. The van der Waals surface area contributed by atoms with Crippen LogP contribution in [0.4, 0.5) is 0 Å². The Morgan fingerprint density at radius 1 is 1.35 bits per heavy atom. The maximum atomic E-state index is 9.60. The number of benzene rings is 1. The quantitative estimate of drug-likeness (QED) is 0.806. The van der Waals surface area contributed by atoms with Crippen molar-refractivity contribution in [3.8, 4) is 0 Å². The van der Waals surface area contributed by atoms with Crippen molar-refractivity contribution in [1.29, 1.82) is 0 Å². The van der Waals surface area contributed by atoms with Gasteiger partial charge in [-0.15, -0.1) is 0 Å². The molecule has 1 aromatic rings. The van der Waals surface area contributed by atoms with Crippen LogP contribution in [0.2, 0.25) is 10.0 Å². The number of piperidine rings is 1. The van der Waals surface area contributed by atoms with Crippen LogP contribution in [0, 0.1) is 5.92 Å². The summed E-state index contributed by atoms with van der Waals surface area (Å²) in [5.74, 6) is 0.645. The lowest BCUT2D eigenvalue weighted by atomic mass is 9.82. The van der Waals surface area contributed by atoms with Gasteiger partial charge in [0.2, 0.25) is 0 Å². The van der Waals surface area contributed by atoms with E-state index in [2.05, 4.69) is 10.1 Å². The lowest BCUT2D eigenvalue weighted by molar-refractivity contribution is -0.138. The van der Waals surface area contributed by atoms with Crippen molar-refractivity contribution in [3.63, 3.8) is 0 Å². The standard InChI is InChI=1S/C12H15Cl2NO.C5H10O2/c13-11-2-1-8(5-12(11)14)10-3-4-15-6-9(10)7-16;1-5(2,3)7-4-6/h1-2,5,9-10,15-16H,3-4,6-7H2;4H,1-3H3/t9-,10-;/m0./s1. The molecule has 0 aliphatic carbocycles. The molecule has 0 saturated carbocycles. The molecule has 2 atom stereocenters. The van der Waals surface area contributed by atoms with E-state index in [9.17, 15) is 9.90 Å². The molecule has 1 aliphatic rings. The summed E-state index contributed by atoms with van der Waals surface area (Å²) in [7, 11) is 0. The second-order valence-electron chi connectivity index (χ2n) is 6.54. The van der Waals surface area contributed by atoms with Crippen molar-refractivity contribution in [1.82, 2.24) is 5.32 Å². The minimum absolute atomic E-state index is 0.206. The Bertz CT molecular complexity index is 503. The van der Waals surface area contributed by atoms with Gasteiger partial charge in [-0.05, 0) is 57.4 Å². The van der Waals surface area contributed by atoms with E-state index in [1.54, 1.807) is 0 Å². The van der Waals surface area contributed by atoms with Crippen LogP contribution in [0.1, 0.15) is 38.7 Å². The van der Waals surface area contributed by atoms with E-state index in [-0.39, 0.29) is 18.1 Å².